The first-order chi connectivity index (χ1) is 11.5. The van der Waals surface area contributed by atoms with Crippen molar-refractivity contribution in [2.75, 3.05) is 20.7 Å². The summed E-state index contributed by atoms with van der Waals surface area (Å²) >= 11 is 0. The molecule has 0 aromatic rings. The Kier molecular flexibility index (Phi) is 7.05. The number of amides is 3. The molecule has 1 aliphatic carbocycles. The molecule has 3 N–H and O–H groups in total. The zero-order valence-electron chi connectivity index (χ0n) is 14.5. The van der Waals surface area contributed by atoms with E-state index in [1.54, 1.807) is 26.2 Å². The lowest BCUT2D eigenvalue weighted by atomic mass is 9.96. The maximum Gasteiger partial charge on any atom is 0.315 e. The lowest BCUT2D eigenvalue weighted by Gasteiger charge is -2.32. The Bertz CT molecular complexity index is 461. The number of hydrogen-bond acceptors (Lipinski definition) is 4. The molecule has 0 unspecified atom stereocenters. The molecule has 1 saturated carbocycles. The van der Waals surface area contributed by atoms with Gasteiger partial charge in [0.05, 0.1) is 25.2 Å². The molecule has 3 amide bonds. The summed E-state index contributed by atoms with van der Waals surface area (Å²) < 4.78 is 5.73. The van der Waals surface area contributed by atoms with E-state index in [0.29, 0.717) is 0 Å². The fraction of sp³-hybridized carbons (Fsp3) is 0.765. The first kappa shape index (κ1) is 18.7. The molecule has 0 spiro atoms. The monoisotopic (exact) mass is 339 g/mol. The number of nitrogens with zero attached hydrogens (tertiary/aromatic N) is 1. The lowest BCUT2D eigenvalue weighted by molar-refractivity contribution is -0.132. The number of ether oxygens (including phenoxy) is 1. The van der Waals surface area contributed by atoms with Crippen molar-refractivity contribution in [2.24, 2.45) is 0 Å². The molecule has 2 aliphatic rings. The average Bonchev–Trinajstić information content (AvgIpc) is 2.56. The van der Waals surface area contributed by atoms with E-state index in [1.165, 1.54) is 11.3 Å². The molecule has 0 bridgehead atoms. The number of carbonyl (C=O) groups is 2. The minimum Gasteiger partial charge on any atom is -0.394 e. The van der Waals surface area contributed by atoms with Gasteiger partial charge < -0.3 is 25.4 Å². The van der Waals surface area contributed by atoms with E-state index < -0.39 is 12.1 Å². The predicted octanol–water partition coefficient (Wildman–Crippen LogP) is 0.781. The molecule has 3 atom stereocenters. The third-order valence-electron chi connectivity index (χ3n) is 4.58. The molecule has 1 aliphatic heterocycles. The average molecular weight is 339 g/mol. The molecular formula is C17H29N3O4. The largest absolute Gasteiger partial charge is 0.394 e. The van der Waals surface area contributed by atoms with Gasteiger partial charge >= 0.3 is 6.03 Å². The van der Waals surface area contributed by atoms with Crippen LogP contribution in [0.3, 0.4) is 0 Å². The maximum absolute atomic E-state index is 12.1. The molecule has 0 saturated heterocycles. The Balaban J connectivity index is 1.85. The zero-order valence-corrected chi connectivity index (χ0v) is 14.5. The third kappa shape index (κ3) is 5.49. The van der Waals surface area contributed by atoms with Crippen LogP contribution in [0.25, 0.3) is 0 Å². The minimum atomic E-state index is -0.549. The number of aliphatic hydroxyl groups is 1. The van der Waals surface area contributed by atoms with Crippen molar-refractivity contribution < 1.29 is 19.4 Å². The van der Waals surface area contributed by atoms with Crippen LogP contribution >= 0.6 is 0 Å². The molecule has 2 rings (SSSR count). The van der Waals surface area contributed by atoms with Gasteiger partial charge in [-0.1, -0.05) is 31.4 Å². The van der Waals surface area contributed by atoms with Gasteiger partial charge in [-0.15, -0.1) is 0 Å². The number of urea groups is 1. The molecule has 1 heterocycles. The molecule has 7 heteroatoms. The maximum atomic E-state index is 12.1. The molecule has 7 nitrogen and oxygen atoms in total. The van der Waals surface area contributed by atoms with Gasteiger partial charge in [-0.2, -0.15) is 0 Å². The normalized spacial score (nSPS) is 27.5. The summed E-state index contributed by atoms with van der Waals surface area (Å²) in [5.74, 6) is -0.0391. The highest BCUT2D eigenvalue weighted by Crippen LogP contribution is 2.18. The summed E-state index contributed by atoms with van der Waals surface area (Å²) in [4.78, 5) is 25.4. The number of hydrogen-bond donors (Lipinski definition) is 3. The van der Waals surface area contributed by atoms with E-state index in [2.05, 4.69) is 10.6 Å². The number of nitrogens with one attached hydrogen (secondary N) is 2. The van der Waals surface area contributed by atoms with Gasteiger partial charge in [-0.25, -0.2) is 4.79 Å². The molecule has 136 valence electrons. The SMILES string of the molecule is CN(C)C(=O)C[C@H]1C=C[C@H](NC(=O)NC2CCCCC2)[C@H](CO)O1. The van der Waals surface area contributed by atoms with Crippen molar-refractivity contribution in [3.63, 3.8) is 0 Å². The van der Waals surface area contributed by atoms with Crippen LogP contribution in [0.2, 0.25) is 0 Å². The Morgan fingerprint density at radius 1 is 1.17 bits per heavy atom. The standard InChI is InChI=1S/C17H29N3O4/c1-20(2)16(22)10-13-8-9-14(15(11-21)24-13)19-17(23)18-12-6-4-3-5-7-12/h8-9,12-15,21H,3-7,10-11H2,1-2H3,(H2,18,19,23)/t13-,14+,15+/m1/s1. The van der Waals surface area contributed by atoms with E-state index in [0.717, 1.165) is 25.7 Å². The van der Waals surface area contributed by atoms with Gasteiger partial charge in [-0.05, 0) is 12.8 Å². The molecule has 24 heavy (non-hydrogen) atoms. The van der Waals surface area contributed by atoms with Crippen LogP contribution in [-0.2, 0) is 9.53 Å². The quantitative estimate of drug-likeness (QED) is 0.646. The Labute approximate surface area is 143 Å². The second-order valence-corrected chi connectivity index (χ2v) is 6.75. The minimum absolute atomic E-state index is 0.0391. The fourth-order valence-electron chi connectivity index (χ4n) is 3.12. The Morgan fingerprint density at radius 2 is 1.88 bits per heavy atom. The van der Waals surface area contributed by atoms with E-state index >= 15 is 0 Å². The van der Waals surface area contributed by atoms with Gasteiger partial charge in [0.15, 0.2) is 0 Å². The van der Waals surface area contributed by atoms with Crippen LogP contribution in [0.5, 0.6) is 0 Å². The van der Waals surface area contributed by atoms with Gasteiger partial charge in [0, 0.05) is 20.1 Å². The fourth-order valence-corrected chi connectivity index (χ4v) is 3.12. The molecular weight excluding hydrogens is 310 g/mol. The second kappa shape index (κ2) is 9.03. The number of carbonyl (C=O) groups excluding carboxylic acids is 2. The van der Waals surface area contributed by atoms with Crippen LogP contribution in [0, 0.1) is 0 Å². The van der Waals surface area contributed by atoms with Gasteiger partial charge in [0.25, 0.3) is 0 Å². The summed E-state index contributed by atoms with van der Waals surface area (Å²) in [5, 5.41) is 15.4. The Morgan fingerprint density at radius 3 is 2.50 bits per heavy atom. The van der Waals surface area contributed by atoms with Crippen molar-refractivity contribution in [2.45, 2.75) is 62.8 Å². The summed E-state index contributed by atoms with van der Waals surface area (Å²) in [7, 11) is 3.39. The van der Waals surface area contributed by atoms with Crippen LogP contribution in [0.1, 0.15) is 38.5 Å². The van der Waals surface area contributed by atoms with Crippen molar-refractivity contribution in [3.8, 4) is 0 Å². The van der Waals surface area contributed by atoms with Gasteiger partial charge in [0.2, 0.25) is 5.91 Å². The summed E-state index contributed by atoms with van der Waals surface area (Å²) in [6, 6.07) is -0.406. The lowest BCUT2D eigenvalue weighted by Crippen LogP contribution is -2.53. The first-order valence-corrected chi connectivity index (χ1v) is 8.71. The molecule has 0 aromatic carbocycles. The smallest absolute Gasteiger partial charge is 0.315 e. The summed E-state index contributed by atoms with van der Waals surface area (Å²) in [6.45, 7) is -0.217. The number of rotatable bonds is 5. The van der Waals surface area contributed by atoms with Crippen LogP contribution in [0.4, 0.5) is 4.79 Å². The highest BCUT2D eigenvalue weighted by Gasteiger charge is 2.29. The summed E-state index contributed by atoms with van der Waals surface area (Å²) in [5.41, 5.74) is 0. The highest BCUT2D eigenvalue weighted by molar-refractivity contribution is 5.76. The second-order valence-electron chi connectivity index (χ2n) is 6.75. The highest BCUT2D eigenvalue weighted by atomic mass is 16.5. The van der Waals surface area contributed by atoms with Crippen molar-refractivity contribution in [1.82, 2.24) is 15.5 Å². The first-order valence-electron chi connectivity index (χ1n) is 8.71. The van der Waals surface area contributed by atoms with E-state index in [9.17, 15) is 14.7 Å². The van der Waals surface area contributed by atoms with Crippen molar-refractivity contribution in [1.29, 1.82) is 0 Å². The van der Waals surface area contributed by atoms with E-state index in [-0.39, 0.29) is 37.1 Å². The van der Waals surface area contributed by atoms with Crippen LogP contribution in [-0.4, -0.2) is 66.9 Å². The molecule has 1 fully saturated rings. The topological polar surface area (TPSA) is 90.9 Å². The van der Waals surface area contributed by atoms with E-state index in [1.807, 2.05) is 0 Å². The molecule has 0 radical (unpaired) electrons. The van der Waals surface area contributed by atoms with Gasteiger partial charge in [0.1, 0.15) is 6.10 Å². The zero-order chi connectivity index (χ0) is 17.5. The Hall–Kier alpha value is -1.60. The third-order valence-corrected chi connectivity index (χ3v) is 4.58. The van der Waals surface area contributed by atoms with Crippen molar-refractivity contribution >= 4 is 11.9 Å². The van der Waals surface area contributed by atoms with Crippen molar-refractivity contribution in [3.05, 3.63) is 12.2 Å². The number of aliphatic hydroxyl groups excluding tert-OH is 1. The molecule has 0 aromatic heterocycles. The van der Waals surface area contributed by atoms with Crippen LogP contribution < -0.4 is 10.6 Å². The van der Waals surface area contributed by atoms with E-state index in [4.69, 9.17) is 4.74 Å². The summed E-state index contributed by atoms with van der Waals surface area (Å²) in [6.07, 6.45) is 8.45. The van der Waals surface area contributed by atoms with Crippen LogP contribution in [0.15, 0.2) is 12.2 Å². The van der Waals surface area contributed by atoms with Gasteiger partial charge in [-0.3, -0.25) is 4.79 Å². The predicted molar refractivity (Wildman–Crippen MR) is 90.5 cm³/mol.